The van der Waals surface area contributed by atoms with Crippen molar-refractivity contribution >= 4 is 35.9 Å². The first-order chi connectivity index (χ1) is 29.7. The summed E-state index contributed by atoms with van der Waals surface area (Å²) in [4.78, 5) is 78.1. The minimum atomic E-state index is -1.39. The number of esters is 4. The lowest BCUT2D eigenvalue weighted by Gasteiger charge is -2.48. The first kappa shape index (κ1) is 53.7. The van der Waals surface area contributed by atoms with Crippen LogP contribution >= 0.6 is 0 Å². The average molecular weight is 898 g/mol. The summed E-state index contributed by atoms with van der Waals surface area (Å²) in [5.74, 6) is -5.46. The fourth-order valence-electron chi connectivity index (χ4n) is 8.72. The van der Waals surface area contributed by atoms with E-state index in [2.05, 4.69) is 0 Å². The van der Waals surface area contributed by atoms with Crippen molar-refractivity contribution in [3.05, 3.63) is 23.8 Å². The van der Waals surface area contributed by atoms with Crippen LogP contribution in [0.3, 0.4) is 0 Å². The van der Waals surface area contributed by atoms with Crippen molar-refractivity contribution in [1.82, 2.24) is 4.90 Å². The molecule has 0 radical (unpaired) electrons. The number of carbonyl (C=O) groups is 6. The van der Waals surface area contributed by atoms with Crippen LogP contribution in [0.2, 0.25) is 0 Å². The Morgan fingerprint density at radius 2 is 1.40 bits per heavy atom. The molecule has 0 aromatic rings. The number of rotatable bonds is 14. The van der Waals surface area contributed by atoms with Gasteiger partial charge in [0.05, 0.1) is 43.5 Å². The van der Waals surface area contributed by atoms with E-state index in [1.165, 1.54) is 41.1 Å². The van der Waals surface area contributed by atoms with Gasteiger partial charge in [-0.25, -0.2) is 0 Å². The summed E-state index contributed by atoms with van der Waals surface area (Å²) in [6.45, 7) is 14.2. The van der Waals surface area contributed by atoms with E-state index in [0.717, 1.165) is 0 Å². The molecule has 63 heavy (non-hydrogen) atoms. The van der Waals surface area contributed by atoms with Crippen molar-refractivity contribution in [3.63, 3.8) is 0 Å². The second-order valence-corrected chi connectivity index (χ2v) is 17.1. The van der Waals surface area contributed by atoms with E-state index in [0.29, 0.717) is 18.3 Å². The van der Waals surface area contributed by atoms with Gasteiger partial charge in [-0.1, -0.05) is 38.5 Å². The van der Waals surface area contributed by atoms with E-state index < -0.39 is 134 Å². The Bertz CT molecular complexity index is 1600. The quantitative estimate of drug-likeness (QED) is 0.150. The van der Waals surface area contributed by atoms with E-state index in [4.69, 9.17) is 47.4 Å². The van der Waals surface area contributed by atoms with Gasteiger partial charge in [0, 0.05) is 59.2 Å². The summed E-state index contributed by atoms with van der Waals surface area (Å²) in [5.41, 5.74) is 0.665. The predicted molar refractivity (Wildman–Crippen MR) is 225 cm³/mol. The van der Waals surface area contributed by atoms with Gasteiger partial charge >= 0.3 is 23.9 Å². The highest BCUT2D eigenvalue weighted by Crippen LogP contribution is 2.36. The largest absolute Gasteiger partial charge is 0.462 e. The molecule has 3 rings (SSSR count). The number of allylic oxidation sites excluding steroid dienone is 3. The number of aliphatic hydroxyl groups is 1. The van der Waals surface area contributed by atoms with Crippen LogP contribution < -0.4 is 0 Å². The van der Waals surface area contributed by atoms with Crippen LogP contribution in [0.4, 0.5) is 0 Å². The molecule has 0 saturated carbocycles. The van der Waals surface area contributed by atoms with Crippen LogP contribution in [0.1, 0.15) is 88.0 Å². The number of carbonyl (C=O) groups excluding carboxylic acids is 6. The fourth-order valence-corrected chi connectivity index (χ4v) is 8.72. The summed E-state index contributed by atoms with van der Waals surface area (Å²) in [5, 5.41) is 11.8. The van der Waals surface area contributed by atoms with Crippen molar-refractivity contribution in [3.8, 4) is 0 Å². The van der Waals surface area contributed by atoms with Gasteiger partial charge in [-0.2, -0.15) is 0 Å². The van der Waals surface area contributed by atoms with E-state index >= 15 is 0 Å². The van der Waals surface area contributed by atoms with Crippen molar-refractivity contribution in [2.24, 2.45) is 23.7 Å². The second-order valence-electron chi connectivity index (χ2n) is 17.1. The number of methoxy groups -OCH3 is 2. The molecule has 0 unspecified atom stereocenters. The Kier molecular flexibility index (Phi) is 21.5. The highest BCUT2D eigenvalue weighted by atomic mass is 16.7. The maximum absolute atomic E-state index is 13.8. The monoisotopic (exact) mass is 897 g/mol. The van der Waals surface area contributed by atoms with E-state index in [9.17, 15) is 33.9 Å². The molecular formula is C45H71NO17. The predicted octanol–water partition coefficient (Wildman–Crippen LogP) is 3.27. The minimum absolute atomic E-state index is 0.0367. The van der Waals surface area contributed by atoms with Crippen LogP contribution in [-0.2, 0) is 76.1 Å². The van der Waals surface area contributed by atoms with E-state index in [1.54, 1.807) is 59.7 Å². The maximum Gasteiger partial charge on any atom is 0.308 e. The Morgan fingerprint density at radius 1 is 0.825 bits per heavy atom. The molecule has 18 nitrogen and oxygen atoms in total. The minimum Gasteiger partial charge on any atom is -0.462 e. The van der Waals surface area contributed by atoms with Crippen LogP contribution in [-0.4, -0.2) is 161 Å². The fraction of sp³-hybridized carbons (Fsp3) is 0.778. The molecule has 3 heterocycles. The lowest BCUT2D eigenvalue weighted by atomic mass is 9.79. The molecule has 0 aromatic carbocycles. The molecule has 1 N–H and O–H groups in total. The van der Waals surface area contributed by atoms with Crippen LogP contribution in [0.15, 0.2) is 23.8 Å². The van der Waals surface area contributed by atoms with Crippen LogP contribution in [0, 0.1) is 23.7 Å². The Labute approximate surface area is 371 Å². The summed E-state index contributed by atoms with van der Waals surface area (Å²) in [6, 6.07) is -0.741. The maximum atomic E-state index is 13.8. The number of cyclic esters (lactones) is 1. The zero-order valence-corrected chi connectivity index (χ0v) is 39.1. The van der Waals surface area contributed by atoms with Gasteiger partial charge in [0.1, 0.15) is 30.7 Å². The molecule has 0 spiro atoms. The summed E-state index contributed by atoms with van der Waals surface area (Å²) >= 11 is 0. The Balaban J connectivity index is 2.02. The van der Waals surface area contributed by atoms with Gasteiger partial charge in [-0.15, -0.1) is 0 Å². The number of nitrogens with zero attached hydrogens (tertiary/aromatic N) is 1. The van der Waals surface area contributed by atoms with Gasteiger partial charge in [-0.3, -0.25) is 28.9 Å². The number of ether oxygens (including phenoxy) is 10. The molecule has 3 aliphatic rings. The van der Waals surface area contributed by atoms with Crippen LogP contribution in [0.25, 0.3) is 0 Å². The summed E-state index contributed by atoms with van der Waals surface area (Å²) in [6.07, 6.45) is -5.61. The molecule has 0 amide bonds. The molecule has 0 aliphatic carbocycles. The number of hydrogen-bond acceptors (Lipinski definition) is 18. The molecule has 0 bridgehead atoms. The first-order valence-electron chi connectivity index (χ1n) is 21.7. The standard InChI is InChI=1S/C45H71NO17/c1-14-35-32(22-56-44-43(55-13)42(54-12)40(27(6)57-44)60-29(8)49)19-23(2)15-16-33(51)24(3)20-31(17-18-47)38(25(4)34(52)21-36(53)62-35)63-45-41(61-30(9)50)37(46(10)11)39(26(5)58-45)59-28(7)48/h15-16,18-19,24-27,31-32,34-35,37-45,52H,14,17,20-22H2,1-13H3/b16-15+,23-19+/t24-,25+,26+,27-,31+,32-,34-,35-,37-,38-,39+,40-,41+,42-,43-,44-,45-/m1/s1. The van der Waals surface area contributed by atoms with Gasteiger partial charge in [0.2, 0.25) is 0 Å². The number of likely N-dealkylation sites (N-methyl/N-ethyl adjacent to an activating group) is 1. The molecule has 0 aromatic heterocycles. The van der Waals surface area contributed by atoms with Gasteiger partial charge in [-0.05, 0) is 59.7 Å². The lowest BCUT2D eigenvalue weighted by Crippen LogP contribution is -2.65. The number of aliphatic hydroxyl groups excluding tert-OH is 1. The number of aldehydes is 1. The zero-order valence-electron chi connectivity index (χ0n) is 39.1. The molecule has 2 saturated heterocycles. The third-order valence-electron chi connectivity index (χ3n) is 11.9. The van der Waals surface area contributed by atoms with Crippen molar-refractivity contribution in [1.29, 1.82) is 0 Å². The van der Waals surface area contributed by atoms with Crippen molar-refractivity contribution < 1.29 is 81.2 Å². The Morgan fingerprint density at radius 3 is 1.95 bits per heavy atom. The highest BCUT2D eigenvalue weighted by molar-refractivity contribution is 5.91. The van der Waals surface area contributed by atoms with E-state index in [-0.39, 0.29) is 25.2 Å². The topological polar surface area (TPSA) is 218 Å². The van der Waals surface area contributed by atoms with Crippen molar-refractivity contribution in [2.75, 3.05) is 34.9 Å². The van der Waals surface area contributed by atoms with Gasteiger partial charge < -0.3 is 57.3 Å². The number of hydrogen-bond donors (Lipinski definition) is 1. The lowest BCUT2D eigenvalue weighted by molar-refractivity contribution is -0.308. The molecule has 3 aliphatic heterocycles. The number of ketones is 1. The second kappa shape index (κ2) is 25.2. The normalized spacial score (nSPS) is 38.7. The molecule has 18 heteroatoms. The first-order valence-corrected chi connectivity index (χ1v) is 21.7. The highest BCUT2D eigenvalue weighted by Gasteiger charge is 2.52. The molecule has 2 fully saturated rings. The van der Waals surface area contributed by atoms with E-state index in [1.807, 2.05) is 13.0 Å². The third kappa shape index (κ3) is 15.0. The van der Waals surface area contributed by atoms with Gasteiger partial charge in [0.15, 0.2) is 30.6 Å². The third-order valence-corrected chi connectivity index (χ3v) is 11.9. The molecular weight excluding hydrogens is 826 g/mol. The van der Waals surface area contributed by atoms with Crippen molar-refractivity contribution in [2.45, 2.75) is 168 Å². The van der Waals surface area contributed by atoms with Gasteiger partial charge in [0.25, 0.3) is 0 Å². The zero-order chi connectivity index (χ0) is 47.3. The summed E-state index contributed by atoms with van der Waals surface area (Å²) in [7, 11) is 6.38. The summed E-state index contributed by atoms with van der Waals surface area (Å²) < 4.78 is 59.8. The Hall–Kier alpha value is -3.62. The molecule has 358 valence electrons. The average Bonchev–Trinajstić information content (AvgIpc) is 3.20. The molecule has 17 atom stereocenters. The smallest absolute Gasteiger partial charge is 0.308 e. The SMILES string of the molecule is CC[C@H]1OC(=O)C[C@@H](O)[C@H](C)[C@@H](O[C@H]2O[C@@H](C)[C@H](OC(C)=O)[C@@H](N(C)C)[C@@H]2OC(C)=O)[C@@H](CC=O)C[C@@H](C)C(=O)/C=C/C(C)=C/[C@@H]1CO[C@@H]1O[C@H](C)[C@@H](OC(C)=O)[C@@H](OC)[C@H]1OC. The van der Waals surface area contributed by atoms with Crippen LogP contribution in [0.5, 0.6) is 0 Å².